The van der Waals surface area contributed by atoms with E-state index >= 15 is 0 Å². The van der Waals surface area contributed by atoms with E-state index in [0.717, 1.165) is 21.2 Å². The summed E-state index contributed by atoms with van der Waals surface area (Å²) < 4.78 is 6.10. The van der Waals surface area contributed by atoms with Gasteiger partial charge >= 0.3 is 5.97 Å². The Hall–Kier alpha value is -3.20. The average Bonchev–Trinajstić information content (AvgIpc) is 3.39. The van der Waals surface area contributed by atoms with Gasteiger partial charge in [0.1, 0.15) is 0 Å². The normalized spacial score (nSPS) is 10.7. The SMILES string of the molecule is CCOC(=O)c1csc(N(Cc2ccc(C(=O)NCc3cccc(Cl)c3)cc2)Cc2ccccc2Br)n1. The maximum atomic E-state index is 12.6. The summed E-state index contributed by atoms with van der Waals surface area (Å²) in [5.74, 6) is -0.588. The van der Waals surface area contributed by atoms with Crippen LogP contribution in [0.3, 0.4) is 0 Å². The molecule has 0 radical (unpaired) electrons. The van der Waals surface area contributed by atoms with Crippen molar-refractivity contribution >= 4 is 55.9 Å². The number of aromatic nitrogens is 1. The molecule has 9 heteroatoms. The van der Waals surface area contributed by atoms with E-state index in [4.69, 9.17) is 16.3 Å². The minimum atomic E-state index is -0.431. The Morgan fingerprint density at radius 3 is 2.54 bits per heavy atom. The van der Waals surface area contributed by atoms with Gasteiger partial charge in [-0.3, -0.25) is 4.79 Å². The van der Waals surface area contributed by atoms with Crippen LogP contribution in [-0.4, -0.2) is 23.5 Å². The van der Waals surface area contributed by atoms with E-state index in [0.29, 0.717) is 47.7 Å². The number of carbonyl (C=O) groups excluding carboxylic acids is 2. The van der Waals surface area contributed by atoms with Gasteiger partial charge < -0.3 is 15.0 Å². The van der Waals surface area contributed by atoms with Crippen molar-refractivity contribution in [2.75, 3.05) is 11.5 Å². The Morgan fingerprint density at radius 1 is 1.03 bits per heavy atom. The molecule has 0 saturated carbocycles. The number of thiazole rings is 1. The monoisotopic (exact) mass is 597 g/mol. The summed E-state index contributed by atoms with van der Waals surface area (Å²) in [6.45, 7) is 3.59. The molecule has 0 fully saturated rings. The number of rotatable bonds is 10. The maximum Gasteiger partial charge on any atom is 0.357 e. The molecule has 190 valence electrons. The first kappa shape index (κ1) is 26.9. The van der Waals surface area contributed by atoms with Crippen LogP contribution in [0.1, 0.15) is 44.5 Å². The summed E-state index contributed by atoms with van der Waals surface area (Å²) in [4.78, 5) is 31.4. The number of carbonyl (C=O) groups is 2. The topological polar surface area (TPSA) is 71.5 Å². The lowest BCUT2D eigenvalue weighted by Gasteiger charge is -2.23. The molecule has 1 aromatic heterocycles. The largest absolute Gasteiger partial charge is 0.461 e. The molecule has 0 aliphatic heterocycles. The van der Waals surface area contributed by atoms with Gasteiger partial charge in [0.2, 0.25) is 0 Å². The van der Waals surface area contributed by atoms with Crippen molar-refractivity contribution in [3.8, 4) is 0 Å². The fraction of sp³-hybridized carbons (Fsp3) is 0.179. The number of benzene rings is 3. The Labute approximate surface area is 233 Å². The standard InChI is InChI=1S/C28H25BrClN3O3S/c1-2-36-27(35)25-18-37-28(32-25)33(17-22-7-3-4-9-24(22)29)16-19-10-12-21(13-11-19)26(34)31-15-20-6-5-8-23(30)14-20/h3-14,18H,2,15-17H2,1H3,(H,31,34). The Bertz CT molecular complexity index is 1380. The zero-order chi connectivity index (χ0) is 26.2. The number of hydrogen-bond donors (Lipinski definition) is 1. The van der Waals surface area contributed by atoms with Gasteiger partial charge in [-0.25, -0.2) is 9.78 Å². The number of hydrogen-bond acceptors (Lipinski definition) is 6. The van der Waals surface area contributed by atoms with E-state index in [1.807, 2.05) is 66.7 Å². The average molecular weight is 599 g/mol. The van der Waals surface area contributed by atoms with Crippen LogP contribution in [0.25, 0.3) is 0 Å². The smallest absolute Gasteiger partial charge is 0.357 e. The molecule has 4 rings (SSSR count). The molecule has 0 aliphatic rings. The Morgan fingerprint density at radius 2 is 1.81 bits per heavy atom. The summed E-state index contributed by atoms with van der Waals surface area (Å²) in [6.07, 6.45) is 0. The molecule has 0 atom stereocenters. The summed E-state index contributed by atoms with van der Waals surface area (Å²) in [5.41, 5.74) is 3.90. The highest BCUT2D eigenvalue weighted by Crippen LogP contribution is 2.27. The van der Waals surface area contributed by atoms with Crippen molar-refractivity contribution in [2.45, 2.75) is 26.6 Å². The molecule has 1 amide bonds. The van der Waals surface area contributed by atoms with E-state index in [9.17, 15) is 9.59 Å². The van der Waals surface area contributed by atoms with Gasteiger partial charge in [-0.2, -0.15) is 0 Å². The fourth-order valence-electron chi connectivity index (χ4n) is 3.64. The van der Waals surface area contributed by atoms with Gasteiger partial charge in [-0.15, -0.1) is 11.3 Å². The number of nitrogens with zero attached hydrogens (tertiary/aromatic N) is 2. The predicted octanol–water partition coefficient (Wildman–Crippen LogP) is 6.87. The molecule has 3 aromatic carbocycles. The van der Waals surface area contributed by atoms with Crippen molar-refractivity contribution < 1.29 is 14.3 Å². The molecule has 37 heavy (non-hydrogen) atoms. The maximum absolute atomic E-state index is 12.6. The van der Waals surface area contributed by atoms with E-state index in [-0.39, 0.29) is 5.91 Å². The Kier molecular flexibility index (Phi) is 9.33. The van der Waals surface area contributed by atoms with E-state index < -0.39 is 5.97 Å². The zero-order valence-corrected chi connectivity index (χ0v) is 23.3. The molecular formula is C28H25BrClN3O3S. The quantitative estimate of drug-likeness (QED) is 0.202. The molecule has 0 saturated heterocycles. The first-order chi connectivity index (χ1) is 17.9. The van der Waals surface area contributed by atoms with Gasteiger partial charge in [0.05, 0.1) is 6.61 Å². The molecule has 4 aromatic rings. The van der Waals surface area contributed by atoms with Crippen LogP contribution in [0, 0.1) is 0 Å². The van der Waals surface area contributed by atoms with Crippen LogP contribution < -0.4 is 10.2 Å². The van der Waals surface area contributed by atoms with Crippen LogP contribution in [0.4, 0.5) is 5.13 Å². The molecule has 0 bridgehead atoms. The van der Waals surface area contributed by atoms with Crippen molar-refractivity contribution in [3.05, 3.63) is 116 Å². The van der Waals surface area contributed by atoms with Crippen LogP contribution in [0.15, 0.2) is 82.6 Å². The van der Waals surface area contributed by atoms with Crippen molar-refractivity contribution in [1.29, 1.82) is 0 Å². The third-order valence-electron chi connectivity index (χ3n) is 5.50. The van der Waals surface area contributed by atoms with Gasteiger partial charge in [-0.1, -0.05) is 70.0 Å². The molecule has 1 N–H and O–H groups in total. The zero-order valence-electron chi connectivity index (χ0n) is 20.1. The lowest BCUT2D eigenvalue weighted by atomic mass is 10.1. The van der Waals surface area contributed by atoms with E-state index in [2.05, 4.69) is 31.1 Å². The Balaban J connectivity index is 1.48. The molecule has 0 aliphatic carbocycles. The number of esters is 1. The second kappa shape index (κ2) is 12.9. The fourth-order valence-corrected chi connectivity index (χ4v) is 5.06. The molecule has 6 nitrogen and oxygen atoms in total. The minimum absolute atomic E-state index is 0.157. The molecule has 0 spiro atoms. The summed E-state index contributed by atoms with van der Waals surface area (Å²) in [7, 11) is 0. The first-order valence-electron chi connectivity index (χ1n) is 11.7. The lowest BCUT2D eigenvalue weighted by Crippen LogP contribution is -2.24. The van der Waals surface area contributed by atoms with Crippen LogP contribution in [0.2, 0.25) is 5.02 Å². The van der Waals surface area contributed by atoms with E-state index in [1.165, 1.54) is 11.3 Å². The molecular weight excluding hydrogens is 574 g/mol. The number of nitrogens with one attached hydrogen (secondary N) is 1. The number of halogens is 2. The van der Waals surface area contributed by atoms with Crippen molar-refractivity contribution in [1.82, 2.24) is 10.3 Å². The summed E-state index contributed by atoms with van der Waals surface area (Å²) >= 11 is 11.0. The third kappa shape index (κ3) is 7.41. The minimum Gasteiger partial charge on any atom is -0.461 e. The highest BCUT2D eigenvalue weighted by Gasteiger charge is 2.18. The van der Waals surface area contributed by atoms with Crippen LogP contribution >= 0.6 is 38.9 Å². The summed E-state index contributed by atoms with van der Waals surface area (Å²) in [6, 6.07) is 22.9. The van der Waals surface area contributed by atoms with Crippen molar-refractivity contribution in [2.24, 2.45) is 0 Å². The highest BCUT2D eigenvalue weighted by atomic mass is 79.9. The third-order valence-corrected chi connectivity index (χ3v) is 7.41. The second-order valence-corrected chi connectivity index (χ2v) is 10.3. The molecule has 0 unspecified atom stereocenters. The van der Waals surface area contributed by atoms with E-state index in [1.54, 1.807) is 18.4 Å². The first-order valence-corrected chi connectivity index (χ1v) is 13.7. The van der Waals surface area contributed by atoms with Gasteiger partial charge in [0, 0.05) is 40.1 Å². The van der Waals surface area contributed by atoms with Gasteiger partial charge in [0.25, 0.3) is 5.91 Å². The second-order valence-electron chi connectivity index (χ2n) is 8.19. The number of ether oxygens (including phenoxy) is 1. The predicted molar refractivity (Wildman–Crippen MR) is 151 cm³/mol. The highest BCUT2D eigenvalue weighted by molar-refractivity contribution is 9.10. The van der Waals surface area contributed by atoms with Crippen LogP contribution in [-0.2, 0) is 24.4 Å². The van der Waals surface area contributed by atoms with Gasteiger partial charge in [-0.05, 0) is 53.9 Å². The number of anilines is 1. The number of amides is 1. The van der Waals surface area contributed by atoms with Gasteiger partial charge in [0.15, 0.2) is 10.8 Å². The van der Waals surface area contributed by atoms with Crippen LogP contribution in [0.5, 0.6) is 0 Å². The van der Waals surface area contributed by atoms with Crippen molar-refractivity contribution in [3.63, 3.8) is 0 Å². The summed E-state index contributed by atoms with van der Waals surface area (Å²) in [5, 5.41) is 5.99. The molecule has 1 heterocycles. The lowest BCUT2D eigenvalue weighted by molar-refractivity contribution is 0.0520.